The first-order valence-electron chi connectivity index (χ1n) is 9.87. The van der Waals surface area contributed by atoms with E-state index >= 15 is 0 Å². The van der Waals surface area contributed by atoms with Gasteiger partial charge in [-0.15, -0.1) is 0 Å². The summed E-state index contributed by atoms with van der Waals surface area (Å²) in [6.07, 6.45) is -4.54. The van der Waals surface area contributed by atoms with Crippen molar-refractivity contribution in [1.29, 1.82) is 0 Å². The van der Waals surface area contributed by atoms with Crippen molar-refractivity contribution in [2.45, 2.75) is 23.6 Å². The zero-order chi connectivity index (χ0) is 24.4. The zero-order valence-electron chi connectivity index (χ0n) is 18.5. The molecule has 1 saturated heterocycles. The molecule has 1 atom stereocenters. The van der Waals surface area contributed by atoms with E-state index in [1.165, 1.54) is 33.5 Å². The molecule has 1 heterocycles. The van der Waals surface area contributed by atoms with Gasteiger partial charge in [0.2, 0.25) is 0 Å². The highest BCUT2D eigenvalue weighted by Crippen LogP contribution is 2.40. The van der Waals surface area contributed by atoms with E-state index in [9.17, 15) is 21.6 Å². The number of nitrogens with zero attached hydrogens (tertiary/aromatic N) is 1. The van der Waals surface area contributed by atoms with E-state index in [1.807, 2.05) is 11.9 Å². The van der Waals surface area contributed by atoms with Gasteiger partial charge in [-0.2, -0.15) is 13.2 Å². The van der Waals surface area contributed by atoms with Crippen molar-refractivity contribution in [3.05, 3.63) is 35.9 Å². The van der Waals surface area contributed by atoms with Gasteiger partial charge in [-0.1, -0.05) is 0 Å². The smallest absolute Gasteiger partial charge is 0.419 e. The summed E-state index contributed by atoms with van der Waals surface area (Å²) in [7, 11) is 1.58. The minimum absolute atomic E-state index is 0.0301. The van der Waals surface area contributed by atoms with Crippen LogP contribution in [0.25, 0.3) is 0 Å². The molecule has 182 valence electrons. The second kappa shape index (κ2) is 9.56. The number of hydrogen-bond acceptors (Lipinski definition) is 7. The van der Waals surface area contributed by atoms with Crippen LogP contribution >= 0.6 is 0 Å². The van der Waals surface area contributed by atoms with E-state index in [1.54, 1.807) is 0 Å². The molecule has 12 heteroatoms. The SMILES string of the molecule is COc1cc(OC)c(S(=O)(=O)Nc2ccc(C(F)(F)F)c(O[C@H]3CCN(C)C3)c2)cc1OC. The van der Waals surface area contributed by atoms with Gasteiger partial charge in [-0.3, -0.25) is 4.72 Å². The molecule has 1 N–H and O–H groups in total. The normalized spacial score (nSPS) is 17.0. The summed E-state index contributed by atoms with van der Waals surface area (Å²) in [5, 5.41) is 0. The summed E-state index contributed by atoms with van der Waals surface area (Å²) in [6.45, 7) is 1.16. The third kappa shape index (κ3) is 5.56. The number of rotatable bonds is 8. The zero-order valence-corrected chi connectivity index (χ0v) is 19.3. The predicted molar refractivity (Wildman–Crippen MR) is 115 cm³/mol. The molecule has 1 fully saturated rings. The number of methoxy groups -OCH3 is 3. The van der Waals surface area contributed by atoms with Crippen molar-refractivity contribution < 1.29 is 40.5 Å². The largest absolute Gasteiger partial charge is 0.495 e. The maximum Gasteiger partial charge on any atom is 0.419 e. The van der Waals surface area contributed by atoms with Crippen molar-refractivity contribution in [3.8, 4) is 23.0 Å². The van der Waals surface area contributed by atoms with Crippen molar-refractivity contribution in [1.82, 2.24) is 4.90 Å². The Kier molecular flexibility index (Phi) is 7.17. The van der Waals surface area contributed by atoms with Gasteiger partial charge in [-0.25, -0.2) is 8.42 Å². The maximum absolute atomic E-state index is 13.5. The number of ether oxygens (including phenoxy) is 4. The summed E-state index contributed by atoms with van der Waals surface area (Å²) in [6, 6.07) is 5.39. The highest BCUT2D eigenvalue weighted by molar-refractivity contribution is 7.92. The summed E-state index contributed by atoms with van der Waals surface area (Å²) in [5.74, 6) is -0.0830. The van der Waals surface area contributed by atoms with Crippen LogP contribution in [0.5, 0.6) is 23.0 Å². The molecule has 0 saturated carbocycles. The van der Waals surface area contributed by atoms with Crippen LogP contribution in [0.2, 0.25) is 0 Å². The monoisotopic (exact) mass is 490 g/mol. The predicted octanol–water partition coefficient (Wildman–Crippen LogP) is 3.61. The molecule has 1 aliphatic heterocycles. The second-order valence-electron chi connectivity index (χ2n) is 7.46. The number of likely N-dealkylation sites (tertiary alicyclic amines) is 1. The molecule has 33 heavy (non-hydrogen) atoms. The van der Waals surface area contributed by atoms with Gasteiger partial charge in [0, 0.05) is 31.3 Å². The third-order valence-corrected chi connectivity index (χ3v) is 6.54. The highest BCUT2D eigenvalue weighted by Gasteiger charge is 2.36. The molecule has 3 rings (SSSR count). The van der Waals surface area contributed by atoms with Crippen LogP contribution in [-0.4, -0.2) is 60.9 Å². The Morgan fingerprint density at radius 1 is 0.970 bits per heavy atom. The average molecular weight is 491 g/mol. The molecule has 0 bridgehead atoms. The van der Waals surface area contributed by atoms with Crippen LogP contribution in [-0.2, 0) is 16.2 Å². The third-order valence-electron chi connectivity index (χ3n) is 5.14. The van der Waals surface area contributed by atoms with E-state index in [0.29, 0.717) is 19.5 Å². The van der Waals surface area contributed by atoms with Gasteiger partial charge >= 0.3 is 6.18 Å². The Hall–Kier alpha value is -2.86. The number of halogens is 3. The molecular weight excluding hydrogens is 465 g/mol. The lowest BCUT2D eigenvalue weighted by molar-refractivity contribution is -0.139. The Balaban J connectivity index is 1.98. The summed E-state index contributed by atoms with van der Waals surface area (Å²) in [5.41, 5.74) is -1.08. The molecule has 0 aliphatic carbocycles. The van der Waals surface area contributed by atoms with Crippen molar-refractivity contribution in [2.24, 2.45) is 0 Å². The van der Waals surface area contributed by atoms with E-state index < -0.39 is 33.6 Å². The molecule has 8 nitrogen and oxygen atoms in total. The maximum atomic E-state index is 13.5. The Bertz CT molecular complexity index is 1110. The van der Waals surface area contributed by atoms with E-state index in [-0.39, 0.29) is 27.8 Å². The van der Waals surface area contributed by atoms with Crippen LogP contribution in [0.1, 0.15) is 12.0 Å². The molecule has 2 aromatic carbocycles. The van der Waals surface area contributed by atoms with Crippen LogP contribution < -0.4 is 23.7 Å². The standard InChI is InChI=1S/C21H25F3N2O6S/c1-26-8-7-14(12-26)32-16-9-13(5-6-15(16)21(22,23)24)25-33(27,28)20-11-18(30-3)17(29-2)10-19(20)31-4/h5-6,9-11,14,25H,7-8,12H2,1-4H3/t14-/m0/s1. The number of nitrogens with one attached hydrogen (secondary N) is 1. The minimum atomic E-state index is -4.66. The summed E-state index contributed by atoms with van der Waals surface area (Å²) < 4.78 is 90.1. The molecular formula is C21H25F3N2O6S. The number of anilines is 1. The van der Waals surface area contributed by atoms with Gasteiger partial charge in [-0.05, 0) is 25.6 Å². The first kappa shape index (κ1) is 24.8. The lowest BCUT2D eigenvalue weighted by atomic mass is 10.1. The quantitative estimate of drug-likeness (QED) is 0.605. The summed E-state index contributed by atoms with van der Waals surface area (Å²) >= 11 is 0. The fourth-order valence-corrected chi connectivity index (χ4v) is 4.73. The lowest BCUT2D eigenvalue weighted by Gasteiger charge is -2.20. The first-order valence-corrected chi connectivity index (χ1v) is 11.4. The van der Waals surface area contributed by atoms with Crippen LogP contribution in [0.3, 0.4) is 0 Å². The highest BCUT2D eigenvalue weighted by atomic mass is 32.2. The van der Waals surface area contributed by atoms with E-state index in [4.69, 9.17) is 18.9 Å². The summed E-state index contributed by atoms with van der Waals surface area (Å²) in [4.78, 5) is 1.66. The fourth-order valence-electron chi connectivity index (χ4n) is 3.51. The van der Waals surface area contributed by atoms with Gasteiger partial charge < -0.3 is 23.8 Å². The average Bonchev–Trinajstić information content (AvgIpc) is 3.16. The van der Waals surface area contributed by atoms with Crippen LogP contribution in [0.4, 0.5) is 18.9 Å². The fraction of sp³-hybridized carbons (Fsp3) is 0.429. The van der Waals surface area contributed by atoms with Gasteiger partial charge in [0.25, 0.3) is 10.0 Å². The number of sulfonamides is 1. The second-order valence-corrected chi connectivity index (χ2v) is 9.11. The van der Waals surface area contributed by atoms with Gasteiger partial charge in [0.15, 0.2) is 11.5 Å². The molecule has 0 unspecified atom stereocenters. The molecule has 2 aromatic rings. The molecule has 1 aliphatic rings. The Labute approximate surface area is 190 Å². The van der Waals surface area contributed by atoms with Crippen molar-refractivity contribution >= 4 is 15.7 Å². The first-order chi connectivity index (χ1) is 15.5. The topological polar surface area (TPSA) is 86.3 Å². The minimum Gasteiger partial charge on any atom is -0.495 e. The molecule has 0 amide bonds. The van der Waals surface area contributed by atoms with E-state index in [0.717, 1.165) is 18.2 Å². The van der Waals surface area contributed by atoms with Gasteiger partial charge in [0.1, 0.15) is 22.5 Å². The van der Waals surface area contributed by atoms with Crippen molar-refractivity contribution in [2.75, 3.05) is 46.2 Å². The number of benzene rings is 2. The number of likely N-dealkylation sites (N-methyl/N-ethyl adjacent to an activating group) is 1. The molecule has 0 aromatic heterocycles. The molecule has 0 radical (unpaired) electrons. The Morgan fingerprint density at radius 3 is 2.15 bits per heavy atom. The van der Waals surface area contributed by atoms with Crippen LogP contribution in [0.15, 0.2) is 35.2 Å². The van der Waals surface area contributed by atoms with Crippen molar-refractivity contribution in [3.63, 3.8) is 0 Å². The lowest BCUT2D eigenvalue weighted by Crippen LogP contribution is -2.23. The van der Waals surface area contributed by atoms with Crippen LogP contribution in [0, 0.1) is 0 Å². The van der Waals surface area contributed by atoms with E-state index in [2.05, 4.69) is 4.72 Å². The number of alkyl halides is 3. The molecule has 0 spiro atoms. The van der Waals surface area contributed by atoms with Gasteiger partial charge in [0.05, 0.1) is 32.6 Å². The Morgan fingerprint density at radius 2 is 1.61 bits per heavy atom. The number of hydrogen-bond donors (Lipinski definition) is 1.